The molecule has 2 rings (SSSR count). The first-order valence-corrected chi connectivity index (χ1v) is 5.97. The second kappa shape index (κ2) is 3.81. The molecule has 2 unspecified atom stereocenters. The number of hydrogen-bond acceptors (Lipinski definition) is 3. The van der Waals surface area contributed by atoms with Gasteiger partial charge in [0.1, 0.15) is 6.23 Å². The zero-order chi connectivity index (χ0) is 10.1. The summed E-state index contributed by atoms with van der Waals surface area (Å²) in [6.07, 6.45) is -0.561. The Kier molecular flexibility index (Phi) is 2.67. The van der Waals surface area contributed by atoms with Crippen molar-refractivity contribution in [2.75, 3.05) is 5.75 Å². The summed E-state index contributed by atoms with van der Waals surface area (Å²) in [5.74, 6) is 0.634. The second-order valence-corrected chi connectivity index (χ2v) is 5.02. The highest BCUT2D eigenvalue weighted by atomic mass is 32.2. The highest BCUT2D eigenvalue weighted by molar-refractivity contribution is 7.85. The highest BCUT2D eigenvalue weighted by Gasteiger charge is 2.19. The van der Waals surface area contributed by atoms with E-state index in [0.29, 0.717) is 12.3 Å². The summed E-state index contributed by atoms with van der Waals surface area (Å²) in [5, 5.41) is 12.4. The van der Waals surface area contributed by atoms with Crippen molar-refractivity contribution in [1.29, 1.82) is 0 Å². The Labute approximate surface area is 85.6 Å². The van der Waals surface area contributed by atoms with Gasteiger partial charge in [-0.25, -0.2) is 0 Å². The smallest absolute Gasteiger partial charge is 0.131 e. The lowest BCUT2D eigenvalue weighted by Gasteiger charge is -2.04. The van der Waals surface area contributed by atoms with E-state index in [2.05, 4.69) is 5.32 Å². The van der Waals surface area contributed by atoms with Crippen molar-refractivity contribution in [2.45, 2.75) is 24.6 Å². The predicted octanol–water partition coefficient (Wildman–Crippen LogP) is 0.908. The van der Waals surface area contributed by atoms with E-state index in [4.69, 9.17) is 0 Å². The Morgan fingerprint density at radius 2 is 2.43 bits per heavy atom. The third-order valence-electron chi connectivity index (χ3n) is 2.42. The van der Waals surface area contributed by atoms with Gasteiger partial charge in [-0.1, -0.05) is 13.0 Å². The number of fused-ring (bicyclic) bond motifs is 1. The maximum Gasteiger partial charge on any atom is 0.131 e. The van der Waals surface area contributed by atoms with Crippen LogP contribution in [-0.4, -0.2) is 15.1 Å². The summed E-state index contributed by atoms with van der Waals surface area (Å²) in [7, 11) is -0.903. The van der Waals surface area contributed by atoms with E-state index in [9.17, 15) is 9.32 Å². The minimum atomic E-state index is -0.903. The van der Waals surface area contributed by atoms with E-state index in [-0.39, 0.29) is 0 Å². The van der Waals surface area contributed by atoms with Gasteiger partial charge in [-0.15, -0.1) is 0 Å². The molecule has 14 heavy (non-hydrogen) atoms. The lowest BCUT2D eigenvalue weighted by Crippen LogP contribution is -2.09. The molecule has 2 N–H and O–H groups in total. The van der Waals surface area contributed by atoms with Crippen molar-refractivity contribution in [3.8, 4) is 0 Å². The van der Waals surface area contributed by atoms with Gasteiger partial charge in [0.2, 0.25) is 0 Å². The molecule has 1 aromatic carbocycles. The molecule has 0 fully saturated rings. The molecule has 2 atom stereocenters. The molecule has 0 aliphatic carbocycles. The minimum Gasteiger partial charge on any atom is -0.374 e. The largest absolute Gasteiger partial charge is 0.374 e. The average Bonchev–Trinajstić information content (AvgIpc) is 2.59. The monoisotopic (exact) mass is 211 g/mol. The van der Waals surface area contributed by atoms with Crippen LogP contribution in [0, 0.1) is 0 Å². The fourth-order valence-corrected chi connectivity index (χ4v) is 2.45. The molecule has 1 aromatic rings. The number of aliphatic hydroxyl groups is 1. The first kappa shape index (κ1) is 9.83. The van der Waals surface area contributed by atoms with E-state index in [0.717, 1.165) is 16.0 Å². The topological polar surface area (TPSA) is 49.3 Å². The van der Waals surface area contributed by atoms with Crippen molar-refractivity contribution in [2.24, 2.45) is 0 Å². The fraction of sp³-hybridized carbons (Fsp3) is 0.400. The average molecular weight is 211 g/mol. The summed E-state index contributed by atoms with van der Waals surface area (Å²) in [6.45, 7) is 2.56. The van der Waals surface area contributed by atoms with Crippen molar-refractivity contribution < 1.29 is 9.32 Å². The first-order valence-electron chi connectivity index (χ1n) is 4.65. The third-order valence-corrected chi connectivity index (χ3v) is 3.72. The summed E-state index contributed by atoms with van der Waals surface area (Å²) in [6, 6.07) is 5.59. The second-order valence-electron chi connectivity index (χ2n) is 3.28. The van der Waals surface area contributed by atoms with Gasteiger partial charge >= 0.3 is 0 Å². The number of aliphatic hydroxyl groups excluding tert-OH is 1. The standard InChI is InChI=1S/C10H13NO2S/c1-2-14(13)8-3-4-9-7(5-8)6-11-10(9)12/h3-5,10-12H,2,6H2,1H3. The van der Waals surface area contributed by atoms with Crippen LogP contribution in [0.25, 0.3) is 0 Å². The van der Waals surface area contributed by atoms with Crippen molar-refractivity contribution in [3.63, 3.8) is 0 Å². The summed E-state index contributed by atoms with van der Waals surface area (Å²) < 4.78 is 11.5. The van der Waals surface area contributed by atoms with Crippen molar-refractivity contribution in [3.05, 3.63) is 29.3 Å². The normalized spacial score (nSPS) is 22.0. The molecule has 76 valence electrons. The van der Waals surface area contributed by atoms with E-state index in [1.807, 2.05) is 25.1 Å². The lowest BCUT2D eigenvalue weighted by molar-refractivity contribution is 0.151. The Bertz CT molecular complexity index is 378. The molecule has 3 nitrogen and oxygen atoms in total. The summed E-state index contributed by atoms with van der Waals surface area (Å²) in [5.41, 5.74) is 1.96. The molecular weight excluding hydrogens is 198 g/mol. The zero-order valence-corrected chi connectivity index (χ0v) is 8.80. The van der Waals surface area contributed by atoms with Gasteiger partial charge in [0.15, 0.2) is 0 Å². The van der Waals surface area contributed by atoms with E-state index >= 15 is 0 Å². The van der Waals surface area contributed by atoms with E-state index < -0.39 is 17.0 Å². The zero-order valence-electron chi connectivity index (χ0n) is 7.99. The van der Waals surface area contributed by atoms with Crippen LogP contribution in [0.2, 0.25) is 0 Å². The molecule has 1 aliphatic rings. The van der Waals surface area contributed by atoms with Crippen LogP contribution in [0.3, 0.4) is 0 Å². The Morgan fingerprint density at radius 3 is 3.14 bits per heavy atom. The van der Waals surface area contributed by atoms with Crippen LogP contribution < -0.4 is 5.32 Å². The molecule has 0 amide bonds. The van der Waals surface area contributed by atoms with Crippen LogP contribution in [0.5, 0.6) is 0 Å². The fourth-order valence-electron chi connectivity index (χ4n) is 1.63. The molecule has 0 saturated heterocycles. The van der Waals surface area contributed by atoms with Crippen LogP contribution in [-0.2, 0) is 17.3 Å². The van der Waals surface area contributed by atoms with E-state index in [1.54, 1.807) is 0 Å². The predicted molar refractivity (Wildman–Crippen MR) is 55.2 cm³/mol. The third kappa shape index (κ3) is 1.61. The van der Waals surface area contributed by atoms with Crippen LogP contribution >= 0.6 is 0 Å². The van der Waals surface area contributed by atoms with Gasteiger partial charge in [-0.3, -0.25) is 9.53 Å². The van der Waals surface area contributed by atoms with Gasteiger partial charge in [-0.2, -0.15) is 0 Å². The summed E-state index contributed by atoms with van der Waals surface area (Å²) in [4.78, 5) is 0.849. The molecule has 4 heteroatoms. The van der Waals surface area contributed by atoms with Gasteiger partial charge in [0.05, 0.1) is 10.8 Å². The quantitative estimate of drug-likeness (QED) is 0.764. The molecule has 0 saturated carbocycles. The van der Waals surface area contributed by atoms with Gasteiger partial charge in [0.25, 0.3) is 0 Å². The summed E-state index contributed by atoms with van der Waals surface area (Å²) >= 11 is 0. The molecule has 0 spiro atoms. The lowest BCUT2D eigenvalue weighted by atomic mass is 10.1. The molecular formula is C10H13NO2S. The van der Waals surface area contributed by atoms with Crippen molar-refractivity contribution >= 4 is 10.8 Å². The number of hydrogen-bond donors (Lipinski definition) is 2. The van der Waals surface area contributed by atoms with Crippen LogP contribution in [0.4, 0.5) is 0 Å². The highest BCUT2D eigenvalue weighted by Crippen LogP contribution is 2.25. The van der Waals surface area contributed by atoms with Gasteiger partial charge in [0, 0.05) is 17.2 Å². The minimum absolute atomic E-state index is 0.561. The maximum absolute atomic E-state index is 11.5. The molecule has 0 bridgehead atoms. The Balaban J connectivity index is 2.37. The molecule has 0 aromatic heterocycles. The van der Waals surface area contributed by atoms with Crippen LogP contribution in [0.1, 0.15) is 24.3 Å². The first-order chi connectivity index (χ1) is 6.72. The number of benzene rings is 1. The number of rotatable bonds is 2. The molecule has 1 heterocycles. The Hall–Kier alpha value is -0.710. The van der Waals surface area contributed by atoms with E-state index in [1.165, 1.54) is 0 Å². The molecule has 1 aliphatic heterocycles. The number of nitrogens with one attached hydrogen (secondary N) is 1. The SMILES string of the molecule is CCS(=O)c1ccc2c(c1)CNC2O. The Morgan fingerprint density at radius 1 is 1.64 bits per heavy atom. The maximum atomic E-state index is 11.5. The van der Waals surface area contributed by atoms with Gasteiger partial charge < -0.3 is 5.11 Å². The van der Waals surface area contributed by atoms with Gasteiger partial charge in [-0.05, 0) is 23.3 Å². The van der Waals surface area contributed by atoms with Crippen molar-refractivity contribution in [1.82, 2.24) is 5.32 Å². The van der Waals surface area contributed by atoms with Crippen LogP contribution in [0.15, 0.2) is 23.1 Å². The molecule has 0 radical (unpaired) electrons.